The molecule has 2 amide bonds. The van der Waals surface area contributed by atoms with E-state index in [1.165, 1.54) is 13.2 Å². The van der Waals surface area contributed by atoms with Crippen molar-refractivity contribution in [2.45, 2.75) is 66.3 Å². The van der Waals surface area contributed by atoms with Gasteiger partial charge in [0.15, 0.2) is 5.75 Å². The number of aromatic carboxylic acids is 1. The van der Waals surface area contributed by atoms with Gasteiger partial charge >= 0.3 is 18.2 Å². The zero-order chi connectivity index (χ0) is 26.6. The van der Waals surface area contributed by atoms with E-state index in [9.17, 15) is 19.5 Å². The number of hydrogen-bond acceptors (Lipinski definition) is 7. The summed E-state index contributed by atoms with van der Waals surface area (Å²) in [5.41, 5.74) is -1.32. The first-order chi connectivity index (χ1) is 16.1. The molecule has 35 heavy (non-hydrogen) atoms. The SMILES string of the molecule is COc1cc(N(C(=O)OC(C)(C)C)C(=O)OC(C)(C)C)c(OCc2ccccc2)c(C(=O)O)c1C. The summed E-state index contributed by atoms with van der Waals surface area (Å²) in [4.78, 5) is 39.4. The van der Waals surface area contributed by atoms with Crippen molar-refractivity contribution < 1.29 is 38.4 Å². The minimum atomic E-state index is -1.32. The zero-order valence-electron chi connectivity index (χ0n) is 21.4. The van der Waals surface area contributed by atoms with Gasteiger partial charge in [0.1, 0.15) is 34.8 Å². The van der Waals surface area contributed by atoms with Gasteiger partial charge < -0.3 is 24.1 Å². The van der Waals surface area contributed by atoms with Gasteiger partial charge in [-0.2, -0.15) is 4.90 Å². The number of methoxy groups -OCH3 is 1. The molecule has 0 saturated heterocycles. The summed E-state index contributed by atoms with van der Waals surface area (Å²) >= 11 is 0. The van der Waals surface area contributed by atoms with Gasteiger partial charge in [0.25, 0.3) is 0 Å². The monoisotopic (exact) mass is 487 g/mol. The Morgan fingerprint density at radius 3 is 1.86 bits per heavy atom. The molecule has 2 aromatic carbocycles. The zero-order valence-corrected chi connectivity index (χ0v) is 21.4. The molecule has 9 heteroatoms. The van der Waals surface area contributed by atoms with E-state index in [1.54, 1.807) is 60.6 Å². The first-order valence-electron chi connectivity index (χ1n) is 11.0. The Morgan fingerprint density at radius 2 is 1.43 bits per heavy atom. The van der Waals surface area contributed by atoms with Gasteiger partial charge in [0.2, 0.25) is 0 Å². The van der Waals surface area contributed by atoms with E-state index in [1.807, 2.05) is 18.2 Å². The summed E-state index contributed by atoms with van der Waals surface area (Å²) in [5.74, 6) is -1.38. The van der Waals surface area contributed by atoms with Crippen molar-refractivity contribution in [1.29, 1.82) is 0 Å². The van der Waals surface area contributed by atoms with Crippen LogP contribution in [0.5, 0.6) is 11.5 Å². The fourth-order valence-electron chi connectivity index (χ4n) is 3.12. The minimum Gasteiger partial charge on any atom is -0.496 e. The Balaban J connectivity index is 2.77. The summed E-state index contributed by atoms with van der Waals surface area (Å²) in [6.07, 6.45) is -2.11. The van der Waals surface area contributed by atoms with Gasteiger partial charge in [-0.1, -0.05) is 30.3 Å². The molecular formula is C26H33NO8. The van der Waals surface area contributed by atoms with Crippen molar-refractivity contribution in [3.8, 4) is 11.5 Å². The van der Waals surface area contributed by atoms with Gasteiger partial charge in [-0.05, 0) is 54.0 Å². The lowest BCUT2D eigenvalue weighted by atomic mass is 10.0. The molecule has 0 bridgehead atoms. The Bertz CT molecular complexity index is 1050. The molecule has 0 aliphatic rings. The lowest BCUT2D eigenvalue weighted by molar-refractivity contribution is 0.0427. The lowest BCUT2D eigenvalue weighted by Gasteiger charge is -2.30. The fraction of sp³-hybridized carbons (Fsp3) is 0.423. The number of nitrogens with zero attached hydrogens (tertiary/aromatic N) is 1. The van der Waals surface area contributed by atoms with Crippen LogP contribution in [0.15, 0.2) is 36.4 Å². The highest BCUT2D eigenvalue weighted by Gasteiger charge is 2.37. The summed E-state index contributed by atoms with van der Waals surface area (Å²) in [6.45, 7) is 11.4. The van der Waals surface area contributed by atoms with Crippen molar-refractivity contribution in [3.63, 3.8) is 0 Å². The second-order valence-electron chi connectivity index (χ2n) is 9.80. The third-order valence-corrected chi connectivity index (χ3v) is 4.52. The Kier molecular flexibility index (Phi) is 8.38. The predicted molar refractivity (Wildman–Crippen MR) is 130 cm³/mol. The molecule has 0 aliphatic carbocycles. The molecule has 0 fully saturated rings. The van der Waals surface area contributed by atoms with Crippen LogP contribution in [0.4, 0.5) is 15.3 Å². The fourth-order valence-corrected chi connectivity index (χ4v) is 3.12. The summed E-state index contributed by atoms with van der Waals surface area (Å²) < 4.78 is 22.2. The van der Waals surface area contributed by atoms with E-state index in [2.05, 4.69) is 0 Å². The predicted octanol–water partition coefficient (Wildman–Crippen LogP) is 5.96. The number of carboxylic acid groups (broad SMARTS) is 1. The standard InChI is InChI=1S/C26H33NO8/c1-16-19(32-8)14-18(21(20(16)22(28)29)33-15-17-12-10-9-11-13-17)27(23(30)34-25(2,3)4)24(31)35-26(5,6)7/h9-14H,15H2,1-8H3,(H,28,29). The maximum absolute atomic E-state index is 13.2. The van der Waals surface area contributed by atoms with Crippen LogP contribution in [0.25, 0.3) is 0 Å². The summed E-state index contributed by atoms with van der Waals surface area (Å²) in [6, 6.07) is 10.4. The molecule has 0 unspecified atom stereocenters. The van der Waals surface area contributed by atoms with E-state index < -0.39 is 29.4 Å². The highest BCUT2D eigenvalue weighted by atomic mass is 16.6. The maximum Gasteiger partial charge on any atom is 0.424 e. The van der Waals surface area contributed by atoms with E-state index in [0.29, 0.717) is 4.90 Å². The quantitative estimate of drug-likeness (QED) is 0.531. The van der Waals surface area contributed by atoms with Crippen molar-refractivity contribution >= 4 is 23.8 Å². The van der Waals surface area contributed by atoms with Crippen LogP contribution in [0.3, 0.4) is 0 Å². The van der Waals surface area contributed by atoms with Crippen molar-refractivity contribution in [3.05, 3.63) is 53.1 Å². The molecule has 2 rings (SSSR count). The number of carbonyl (C=O) groups is 3. The molecule has 0 radical (unpaired) electrons. The van der Waals surface area contributed by atoms with Crippen LogP contribution in [-0.2, 0) is 16.1 Å². The van der Waals surface area contributed by atoms with Crippen molar-refractivity contribution in [2.75, 3.05) is 12.0 Å². The molecule has 2 aromatic rings. The number of amides is 2. The highest BCUT2D eigenvalue weighted by Crippen LogP contribution is 2.41. The third kappa shape index (κ3) is 7.37. The number of rotatable bonds is 6. The number of imide groups is 1. The summed E-state index contributed by atoms with van der Waals surface area (Å²) in [7, 11) is 1.35. The van der Waals surface area contributed by atoms with E-state index >= 15 is 0 Å². The number of hydrogen-bond donors (Lipinski definition) is 1. The summed E-state index contributed by atoms with van der Waals surface area (Å²) in [5, 5.41) is 10.0. The van der Waals surface area contributed by atoms with Gasteiger partial charge in [-0.25, -0.2) is 14.4 Å². The molecule has 0 heterocycles. The van der Waals surface area contributed by atoms with Gasteiger partial charge in [-0.15, -0.1) is 0 Å². The van der Waals surface area contributed by atoms with E-state index in [0.717, 1.165) is 5.56 Å². The molecule has 0 spiro atoms. The smallest absolute Gasteiger partial charge is 0.424 e. The molecule has 0 atom stereocenters. The second kappa shape index (κ2) is 10.7. The van der Waals surface area contributed by atoms with Crippen molar-refractivity contribution in [1.82, 2.24) is 0 Å². The molecule has 0 aliphatic heterocycles. The normalized spacial score (nSPS) is 11.4. The number of carboxylic acids is 1. The first kappa shape index (κ1) is 27.5. The van der Waals surface area contributed by atoms with Crippen LogP contribution in [0.1, 0.15) is 63.0 Å². The van der Waals surface area contributed by atoms with Gasteiger partial charge in [-0.3, -0.25) is 0 Å². The third-order valence-electron chi connectivity index (χ3n) is 4.52. The van der Waals surface area contributed by atoms with Crippen LogP contribution in [-0.4, -0.2) is 41.6 Å². The molecule has 190 valence electrons. The van der Waals surface area contributed by atoms with Crippen LogP contribution >= 0.6 is 0 Å². The number of benzene rings is 2. The lowest BCUT2D eigenvalue weighted by Crippen LogP contribution is -2.44. The van der Waals surface area contributed by atoms with E-state index in [-0.39, 0.29) is 34.9 Å². The second-order valence-corrected chi connectivity index (χ2v) is 9.80. The number of carbonyl (C=O) groups excluding carboxylic acids is 2. The maximum atomic E-state index is 13.2. The van der Waals surface area contributed by atoms with Crippen molar-refractivity contribution in [2.24, 2.45) is 0 Å². The van der Waals surface area contributed by atoms with Gasteiger partial charge in [0, 0.05) is 11.6 Å². The first-order valence-corrected chi connectivity index (χ1v) is 11.0. The highest BCUT2D eigenvalue weighted by molar-refractivity contribution is 6.12. The van der Waals surface area contributed by atoms with Crippen LogP contribution < -0.4 is 14.4 Å². The number of anilines is 1. The number of ether oxygens (including phenoxy) is 4. The average Bonchev–Trinajstić information content (AvgIpc) is 2.71. The average molecular weight is 488 g/mol. The van der Waals surface area contributed by atoms with Crippen LogP contribution in [0, 0.1) is 6.92 Å². The molecular weight excluding hydrogens is 454 g/mol. The Morgan fingerprint density at radius 1 is 0.914 bits per heavy atom. The topological polar surface area (TPSA) is 112 Å². The Labute approximate surface area is 205 Å². The molecule has 0 saturated carbocycles. The minimum absolute atomic E-state index is 0.0175. The molecule has 1 N–H and O–H groups in total. The molecule has 0 aromatic heterocycles. The Hall–Kier alpha value is -3.75. The molecule has 9 nitrogen and oxygen atoms in total. The van der Waals surface area contributed by atoms with E-state index in [4.69, 9.17) is 18.9 Å². The van der Waals surface area contributed by atoms with Gasteiger partial charge in [0.05, 0.1) is 7.11 Å². The van der Waals surface area contributed by atoms with Crippen LogP contribution in [0.2, 0.25) is 0 Å². The largest absolute Gasteiger partial charge is 0.496 e.